The number of fused-ring (bicyclic) bond motifs is 1. The van der Waals surface area contributed by atoms with Crippen LogP contribution in [0.5, 0.6) is 0 Å². The number of carbonyl (C=O) groups is 1. The molecular formula is C15H22N2O2S. The fourth-order valence-electron chi connectivity index (χ4n) is 2.32. The molecule has 1 aromatic carbocycles. The number of hydrogen-bond acceptors (Lipinski definition) is 4. The highest BCUT2D eigenvalue weighted by molar-refractivity contribution is 7.99. The van der Waals surface area contributed by atoms with Crippen molar-refractivity contribution in [3.8, 4) is 0 Å². The van der Waals surface area contributed by atoms with Gasteiger partial charge in [-0.2, -0.15) is 0 Å². The molecule has 1 amide bonds. The maximum atomic E-state index is 12.0. The number of benzene rings is 1. The molecule has 2 atom stereocenters. The lowest BCUT2D eigenvalue weighted by atomic mass is 10.0. The van der Waals surface area contributed by atoms with Crippen molar-refractivity contribution < 1.29 is 9.53 Å². The Bertz CT molecular complexity index is 453. The predicted molar refractivity (Wildman–Crippen MR) is 82.0 cm³/mol. The zero-order chi connectivity index (χ0) is 14.4. The van der Waals surface area contributed by atoms with Gasteiger partial charge in [-0.1, -0.05) is 18.2 Å². The van der Waals surface area contributed by atoms with Crippen molar-refractivity contribution in [3.05, 3.63) is 29.8 Å². The second-order valence-corrected chi connectivity index (χ2v) is 6.04. The van der Waals surface area contributed by atoms with Crippen molar-refractivity contribution in [3.63, 3.8) is 0 Å². The van der Waals surface area contributed by atoms with Gasteiger partial charge in [0.05, 0.1) is 12.6 Å². The van der Waals surface area contributed by atoms with E-state index in [1.807, 2.05) is 18.7 Å². The number of amides is 1. The van der Waals surface area contributed by atoms with Gasteiger partial charge in [-0.05, 0) is 30.7 Å². The van der Waals surface area contributed by atoms with Crippen molar-refractivity contribution in [1.29, 1.82) is 0 Å². The molecule has 2 N–H and O–H groups in total. The SMILES string of the molecule is COCCNC(=O)C(C)NC1CCSc2ccccc21. The van der Waals surface area contributed by atoms with Crippen LogP contribution in [-0.2, 0) is 9.53 Å². The summed E-state index contributed by atoms with van der Waals surface area (Å²) in [4.78, 5) is 13.3. The Morgan fingerprint density at radius 2 is 2.30 bits per heavy atom. The van der Waals surface area contributed by atoms with E-state index in [2.05, 4.69) is 34.9 Å². The van der Waals surface area contributed by atoms with Gasteiger partial charge < -0.3 is 10.1 Å². The van der Waals surface area contributed by atoms with Gasteiger partial charge in [0, 0.05) is 24.6 Å². The van der Waals surface area contributed by atoms with Gasteiger partial charge in [-0.3, -0.25) is 10.1 Å². The molecule has 1 aliphatic heterocycles. The van der Waals surface area contributed by atoms with Gasteiger partial charge in [0.1, 0.15) is 0 Å². The third kappa shape index (κ3) is 3.98. The van der Waals surface area contributed by atoms with E-state index in [0.29, 0.717) is 13.2 Å². The molecule has 2 rings (SSSR count). The lowest BCUT2D eigenvalue weighted by molar-refractivity contribution is -0.123. The summed E-state index contributed by atoms with van der Waals surface area (Å²) in [5, 5.41) is 6.30. The standard InChI is InChI=1S/C15H22N2O2S/c1-11(15(18)16-8-9-19-2)17-13-7-10-20-14-6-4-3-5-12(13)14/h3-6,11,13,17H,7-10H2,1-2H3,(H,16,18). The highest BCUT2D eigenvalue weighted by atomic mass is 32.2. The Morgan fingerprint density at radius 3 is 3.10 bits per heavy atom. The zero-order valence-corrected chi connectivity index (χ0v) is 12.8. The van der Waals surface area contributed by atoms with Crippen LogP contribution in [0.25, 0.3) is 0 Å². The topological polar surface area (TPSA) is 50.4 Å². The molecule has 1 aromatic rings. The number of thioether (sulfide) groups is 1. The molecule has 1 heterocycles. The number of nitrogens with one attached hydrogen (secondary N) is 2. The van der Waals surface area contributed by atoms with Crippen LogP contribution in [0.4, 0.5) is 0 Å². The lowest BCUT2D eigenvalue weighted by Gasteiger charge is -2.28. The molecule has 0 spiro atoms. The Kier molecular flexibility index (Phi) is 5.88. The largest absolute Gasteiger partial charge is 0.383 e. The molecule has 0 radical (unpaired) electrons. The van der Waals surface area contributed by atoms with Gasteiger partial charge in [-0.15, -0.1) is 11.8 Å². The smallest absolute Gasteiger partial charge is 0.236 e. The van der Waals surface area contributed by atoms with Crippen molar-refractivity contribution in [1.82, 2.24) is 10.6 Å². The van der Waals surface area contributed by atoms with Crippen LogP contribution in [0.2, 0.25) is 0 Å². The highest BCUT2D eigenvalue weighted by Gasteiger charge is 2.23. The number of ether oxygens (including phenoxy) is 1. The van der Waals surface area contributed by atoms with E-state index in [0.717, 1.165) is 12.2 Å². The summed E-state index contributed by atoms with van der Waals surface area (Å²) in [5.74, 6) is 1.12. The summed E-state index contributed by atoms with van der Waals surface area (Å²) < 4.78 is 4.93. The third-order valence-corrected chi connectivity index (χ3v) is 4.53. The number of methoxy groups -OCH3 is 1. The number of carbonyl (C=O) groups excluding carboxylic acids is 1. The first-order chi connectivity index (χ1) is 9.72. The minimum absolute atomic E-state index is 0.0257. The quantitative estimate of drug-likeness (QED) is 0.788. The van der Waals surface area contributed by atoms with Gasteiger partial charge in [0.15, 0.2) is 0 Å². The fourth-order valence-corrected chi connectivity index (χ4v) is 3.45. The summed E-state index contributed by atoms with van der Waals surface area (Å²) in [5.41, 5.74) is 1.31. The Hall–Kier alpha value is -1.04. The minimum atomic E-state index is -0.201. The van der Waals surface area contributed by atoms with E-state index in [-0.39, 0.29) is 18.0 Å². The van der Waals surface area contributed by atoms with Gasteiger partial charge in [-0.25, -0.2) is 0 Å². The van der Waals surface area contributed by atoms with Crippen LogP contribution >= 0.6 is 11.8 Å². The Morgan fingerprint density at radius 1 is 1.50 bits per heavy atom. The predicted octanol–water partition coefficient (Wildman–Crippen LogP) is 1.96. The van der Waals surface area contributed by atoms with Crippen LogP contribution in [-0.4, -0.2) is 38.0 Å². The molecule has 0 aliphatic carbocycles. The third-order valence-electron chi connectivity index (χ3n) is 3.41. The molecule has 5 heteroatoms. The molecule has 0 fully saturated rings. The number of hydrogen-bond donors (Lipinski definition) is 2. The highest BCUT2D eigenvalue weighted by Crippen LogP contribution is 2.35. The average molecular weight is 294 g/mol. The van der Waals surface area contributed by atoms with E-state index in [1.54, 1.807) is 7.11 Å². The molecule has 110 valence electrons. The first kappa shape index (κ1) is 15.4. The van der Waals surface area contributed by atoms with Crippen molar-refractivity contribution >= 4 is 17.7 Å². The number of rotatable bonds is 6. The maximum absolute atomic E-state index is 12.0. The van der Waals surface area contributed by atoms with E-state index in [1.165, 1.54) is 10.5 Å². The molecule has 0 saturated carbocycles. The molecular weight excluding hydrogens is 272 g/mol. The summed E-state index contributed by atoms with van der Waals surface area (Å²) in [6, 6.07) is 8.48. The fraction of sp³-hybridized carbons (Fsp3) is 0.533. The summed E-state index contributed by atoms with van der Waals surface area (Å²) in [6.07, 6.45) is 1.05. The van der Waals surface area contributed by atoms with Crippen LogP contribution in [0, 0.1) is 0 Å². The second-order valence-electron chi connectivity index (χ2n) is 4.90. The van der Waals surface area contributed by atoms with Gasteiger partial charge in [0.2, 0.25) is 5.91 Å². The molecule has 1 aliphatic rings. The Labute approximate surface area is 124 Å². The molecule has 0 saturated heterocycles. The molecule has 0 bridgehead atoms. The molecule has 0 aromatic heterocycles. The summed E-state index contributed by atoms with van der Waals surface area (Å²) >= 11 is 1.89. The maximum Gasteiger partial charge on any atom is 0.236 e. The van der Waals surface area contributed by atoms with E-state index >= 15 is 0 Å². The van der Waals surface area contributed by atoms with Crippen LogP contribution in [0.1, 0.15) is 24.9 Å². The normalized spacial score (nSPS) is 19.2. The Balaban J connectivity index is 1.92. The van der Waals surface area contributed by atoms with Crippen molar-refractivity contribution in [2.75, 3.05) is 26.0 Å². The lowest BCUT2D eigenvalue weighted by Crippen LogP contribution is -2.45. The monoisotopic (exact) mass is 294 g/mol. The van der Waals surface area contributed by atoms with E-state index in [4.69, 9.17) is 4.74 Å². The zero-order valence-electron chi connectivity index (χ0n) is 12.0. The van der Waals surface area contributed by atoms with Crippen LogP contribution in [0.3, 0.4) is 0 Å². The molecule has 4 nitrogen and oxygen atoms in total. The second kappa shape index (κ2) is 7.67. The molecule has 20 heavy (non-hydrogen) atoms. The van der Waals surface area contributed by atoms with Gasteiger partial charge in [0.25, 0.3) is 0 Å². The first-order valence-electron chi connectivity index (χ1n) is 6.97. The van der Waals surface area contributed by atoms with Crippen molar-refractivity contribution in [2.45, 2.75) is 30.3 Å². The average Bonchev–Trinajstić information content (AvgIpc) is 2.47. The molecule has 2 unspecified atom stereocenters. The van der Waals surface area contributed by atoms with Crippen LogP contribution in [0.15, 0.2) is 29.2 Å². The minimum Gasteiger partial charge on any atom is -0.383 e. The first-order valence-corrected chi connectivity index (χ1v) is 7.95. The van der Waals surface area contributed by atoms with Gasteiger partial charge >= 0.3 is 0 Å². The summed E-state index contributed by atoms with van der Waals surface area (Å²) in [7, 11) is 1.63. The van der Waals surface area contributed by atoms with E-state index in [9.17, 15) is 4.79 Å². The van der Waals surface area contributed by atoms with Crippen molar-refractivity contribution in [2.24, 2.45) is 0 Å². The summed E-state index contributed by atoms with van der Waals surface area (Å²) in [6.45, 7) is 3.01. The van der Waals surface area contributed by atoms with Crippen LogP contribution < -0.4 is 10.6 Å². The van der Waals surface area contributed by atoms with E-state index < -0.39 is 0 Å².